The molecular formula is C14H14O3S. The number of carboxylic acid groups (broad SMARTS) is 1. The molecule has 2 rings (SSSR count). The fraction of sp³-hybridized carbons (Fsp3) is 0.214. The van der Waals surface area contributed by atoms with Crippen LogP contribution in [0.3, 0.4) is 0 Å². The van der Waals surface area contributed by atoms with Crippen molar-refractivity contribution in [3.05, 3.63) is 41.3 Å². The monoisotopic (exact) mass is 262 g/mol. The van der Waals surface area contributed by atoms with E-state index in [0.717, 1.165) is 21.8 Å². The van der Waals surface area contributed by atoms with E-state index in [1.54, 1.807) is 25.4 Å². The molecule has 0 aliphatic heterocycles. The van der Waals surface area contributed by atoms with Gasteiger partial charge in [-0.05, 0) is 53.8 Å². The van der Waals surface area contributed by atoms with Crippen LogP contribution in [0.25, 0.3) is 10.4 Å². The van der Waals surface area contributed by atoms with Gasteiger partial charge in [-0.2, -0.15) is 0 Å². The molecule has 1 heterocycles. The molecule has 2 aromatic rings. The van der Waals surface area contributed by atoms with Crippen molar-refractivity contribution in [1.29, 1.82) is 0 Å². The second kappa shape index (κ2) is 5.23. The fourth-order valence-electron chi connectivity index (χ4n) is 1.77. The number of aliphatic carboxylic acids is 1. The summed E-state index contributed by atoms with van der Waals surface area (Å²) < 4.78 is 5.11. The highest BCUT2D eigenvalue weighted by molar-refractivity contribution is 7.13. The quantitative estimate of drug-likeness (QED) is 0.915. The molecule has 0 fully saturated rings. The van der Waals surface area contributed by atoms with E-state index < -0.39 is 11.9 Å². The minimum atomic E-state index is -0.803. The second-order valence-electron chi connectivity index (χ2n) is 3.99. The van der Waals surface area contributed by atoms with Crippen LogP contribution in [0, 0.1) is 0 Å². The Kier molecular flexibility index (Phi) is 3.67. The van der Waals surface area contributed by atoms with Gasteiger partial charge in [-0.1, -0.05) is 0 Å². The van der Waals surface area contributed by atoms with Crippen LogP contribution in [0.15, 0.2) is 35.7 Å². The summed E-state index contributed by atoms with van der Waals surface area (Å²) in [5, 5.41) is 11.0. The Morgan fingerprint density at radius 3 is 2.50 bits per heavy atom. The first-order valence-corrected chi connectivity index (χ1v) is 6.46. The number of methoxy groups -OCH3 is 1. The van der Waals surface area contributed by atoms with Crippen LogP contribution in [-0.2, 0) is 4.79 Å². The average Bonchev–Trinajstić information content (AvgIpc) is 2.87. The molecular weight excluding hydrogens is 248 g/mol. The molecule has 4 heteroatoms. The van der Waals surface area contributed by atoms with E-state index >= 15 is 0 Å². The molecule has 3 nitrogen and oxygen atoms in total. The first-order chi connectivity index (χ1) is 8.63. The maximum atomic E-state index is 11.1. The first-order valence-electron chi connectivity index (χ1n) is 5.58. The summed E-state index contributed by atoms with van der Waals surface area (Å²) in [5.74, 6) is -0.500. The highest BCUT2D eigenvalue weighted by atomic mass is 32.1. The summed E-state index contributed by atoms with van der Waals surface area (Å²) in [6.07, 6.45) is 0. The predicted molar refractivity (Wildman–Crippen MR) is 72.4 cm³/mol. The summed E-state index contributed by atoms with van der Waals surface area (Å²) in [4.78, 5) is 12.1. The van der Waals surface area contributed by atoms with Crippen LogP contribution in [0.4, 0.5) is 0 Å². The van der Waals surface area contributed by atoms with Crippen LogP contribution >= 0.6 is 11.3 Å². The molecule has 0 aliphatic carbocycles. The van der Waals surface area contributed by atoms with Gasteiger partial charge in [0.15, 0.2) is 0 Å². The molecule has 18 heavy (non-hydrogen) atoms. The zero-order valence-corrected chi connectivity index (χ0v) is 11.0. The second-order valence-corrected chi connectivity index (χ2v) is 4.91. The topological polar surface area (TPSA) is 46.5 Å². The predicted octanol–water partition coefficient (Wildman–Crippen LogP) is 3.61. The Morgan fingerprint density at radius 1 is 1.28 bits per heavy atom. The molecule has 0 unspecified atom stereocenters. The van der Waals surface area contributed by atoms with Crippen molar-refractivity contribution in [2.75, 3.05) is 7.11 Å². The SMILES string of the molecule is COc1ccc(-c2sccc2[C@H](C)C(=O)O)cc1. The van der Waals surface area contributed by atoms with Crippen LogP contribution in [0.5, 0.6) is 5.75 Å². The molecule has 0 bridgehead atoms. The van der Waals surface area contributed by atoms with E-state index in [1.807, 2.05) is 35.7 Å². The average molecular weight is 262 g/mol. The lowest BCUT2D eigenvalue weighted by Crippen LogP contribution is -2.07. The van der Waals surface area contributed by atoms with Gasteiger partial charge in [0.2, 0.25) is 0 Å². The molecule has 0 saturated carbocycles. The van der Waals surface area contributed by atoms with E-state index in [4.69, 9.17) is 9.84 Å². The smallest absolute Gasteiger partial charge is 0.310 e. The summed E-state index contributed by atoms with van der Waals surface area (Å²) in [6, 6.07) is 9.53. The number of carbonyl (C=O) groups is 1. The van der Waals surface area contributed by atoms with Crippen LogP contribution in [0.1, 0.15) is 18.4 Å². The Labute approximate surface area is 110 Å². The third kappa shape index (κ3) is 2.38. The molecule has 1 aromatic heterocycles. The lowest BCUT2D eigenvalue weighted by atomic mass is 9.99. The Morgan fingerprint density at radius 2 is 1.94 bits per heavy atom. The van der Waals surface area contributed by atoms with Crippen LogP contribution < -0.4 is 4.74 Å². The van der Waals surface area contributed by atoms with Gasteiger partial charge in [0, 0.05) is 4.88 Å². The van der Waals surface area contributed by atoms with E-state index in [2.05, 4.69) is 0 Å². The van der Waals surface area contributed by atoms with Crippen molar-refractivity contribution in [2.45, 2.75) is 12.8 Å². The van der Waals surface area contributed by atoms with Gasteiger partial charge in [-0.3, -0.25) is 4.79 Å². The number of ether oxygens (including phenoxy) is 1. The number of rotatable bonds is 4. The number of carboxylic acids is 1. The maximum Gasteiger partial charge on any atom is 0.310 e. The molecule has 1 atom stereocenters. The van der Waals surface area contributed by atoms with Crippen molar-refractivity contribution < 1.29 is 14.6 Å². The molecule has 0 saturated heterocycles. The standard InChI is InChI=1S/C14H14O3S/c1-9(14(15)16)12-7-8-18-13(12)10-3-5-11(17-2)6-4-10/h3-9H,1-2H3,(H,15,16)/t9-/m0/s1. The summed E-state index contributed by atoms with van der Waals surface area (Å²) in [5.41, 5.74) is 1.88. The molecule has 0 aliphatic rings. The van der Waals surface area contributed by atoms with Crippen LogP contribution in [-0.4, -0.2) is 18.2 Å². The van der Waals surface area contributed by atoms with Crippen LogP contribution in [0.2, 0.25) is 0 Å². The third-order valence-corrected chi connectivity index (χ3v) is 3.86. The van der Waals surface area contributed by atoms with Gasteiger partial charge in [-0.15, -0.1) is 11.3 Å². The van der Waals surface area contributed by atoms with Gasteiger partial charge in [0.05, 0.1) is 13.0 Å². The maximum absolute atomic E-state index is 11.1. The first kappa shape index (κ1) is 12.6. The number of hydrogen-bond acceptors (Lipinski definition) is 3. The van der Waals surface area contributed by atoms with E-state index in [1.165, 1.54) is 0 Å². The Hall–Kier alpha value is -1.81. The van der Waals surface area contributed by atoms with Crippen molar-refractivity contribution in [3.8, 4) is 16.2 Å². The van der Waals surface area contributed by atoms with Gasteiger partial charge in [0.1, 0.15) is 5.75 Å². The van der Waals surface area contributed by atoms with Crippen molar-refractivity contribution in [1.82, 2.24) is 0 Å². The number of hydrogen-bond donors (Lipinski definition) is 1. The Bertz CT molecular complexity index is 542. The molecule has 1 N–H and O–H groups in total. The van der Waals surface area contributed by atoms with Gasteiger partial charge in [0.25, 0.3) is 0 Å². The minimum absolute atomic E-state index is 0.492. The minimum Gasteiger partial charge on any atom is -0.497 e. The van der Waals surface area contributed by atoms with E-state index in [9.17, 15) is 4.79 Å². The molecule has 0 spiro atoms. The normalized spacial score (nSPS) is 12.1. The zero-order valence-electron chi connectivity index (χ0n) is 10.2. The highest BCUT2D eigenvalue weighted by Crippen LogP contribution is 2.35. The Balaban J connectivity index is 2.38. The number of thiophene rings is 1. The van der Waals surface area contributed by atoms with E-state index in [-0.39, 0.29) is 0 Å². The molecule has 94 valence electrons. The molecule has 0 amide bonds. The van der Waals surface area contributed by atoms with E-state index in [0.29, 0.717) is 0 Å². The summed E-state index contributed by atoms with van der Waals surface area (Å²) in [7, 11) is 1.62. The zero-order chi connectivity index (χ0) is 13.1. The van der Waals surface area contributed by atoms with Crippen molar-refractivity contribution in [3.63, 3.8) is 0 Å². The van der Waals surface area contributed by atoms with Crippen molar-refractivity contribution >= 4 is 17.3 Å². The summed E-state index contributed by atoms with van der Waals surface area (Å²) >= 11 is 1.56. The third-order valence-electron chi connectivity index (χ3n) is 2.88. The fourth-order valence-corrected chi connectivity index (χ4v) is 2.77. The van der Waals surface area contributed by atoms with Gasteiger partial charge >= 0.3 is 5.97 Å². The lowest BCUT2D eigenvalue weighted by molar-refractivity contribution is -0.138. The largest absolute Gasteiger partial charge is 0.497 e. The lowest BCUT2D eigenvalue weighted by Gasteiger charge is -2.08. The molecule has 1 aromatic carbocycles. The highest BCUT2D eigenvalue weighted by Gasteiger charge is 2.19. The van der Waals surface area contributed by atoms with Gasteiger partial charge < -0.3 is 9.84 Å². The van der Waals surface area contributed by atoms with Crippen molar-refractivity contribution in [2.24, 2.45) is 0 Å². The molecule has 0 radical (unpaired) electrons. The number of benzene rings is 1. The summed E-state index contributed by atoms with van der Waals surface area (Å²) in [6.45, 7) is 1.71. The van der Waals surface area contributed by atoms with Gasteiger partial charge in [-0.25, -0.2) is 0 Å².